The van der Waals surface area contributed by atoms with Crippen LogP contribution in [-0.4, -0.2) is 23.7 Å². The lowest BCUT2D eigenvalue weighted by molar-refractivity contribution is -0.118. The van der Waals surface area contributed by atoms with Gasteiger partial charge in [-0.05, 0) is 38.1 Å². The van der Waals surface area contributed by atoms with E-state index in [-0.39, 0.29) is 12.3 Å². The van der Waals surface area contributed by atoms with Gasteiger partial charge in [0.2, 0.25) is 0 Å². The number of hydrogen-bond donors (Lipinski definition) is 0. The molecule has 5 nitrogen and oxygen atoms in total. The van der Waals surface area contributed by atoms with Gasteiger partial charge in [-0.25, -0.2) is 0 Å². The second-order valence-electron chi connectivity index (χ2n) is 5.58. The Morgan fingerprint density at radius 3 is 2.62 bits per heavy atom. The van der Waals surface area contributed by atoms with Gasteiger partial charge in [-0.3, -0.25) is 4.79 Å². The average molecular weight is 370 g/mol. The summed E-state index contributed by atoms with van der Waals surface area (Å²) in [5.74, 6) is 1.39. The number of para-hydroxylation sites is 2. The summed E-state index contributed by atoms with van der Waals surface area (Å²) in [7, 11) is 0. The predicted octanol–water partition coefficient (Wildman–Crippen LogP) is 4.02. The van der Waals surface area contributed by atoms with Crippen LogP contribution in [0, 0.1) is 0 Å². The highest BCUT2D eigenvalue weighted by atomic mass is 32.1. The number of amides is 1. The van der Waals surface area contributed by atoms with Crippen molar-refractivity contribution >= 4 is 27.5 Å². The maximum absolute atomic E-state index is 12.3. The molecular formula is C20H22N2O3S. The summed E-state index contributed by atoms with van der Waals surface area (Å²) in [6.45, 7) is 5.63. The molecule has 0 fully saturated rings. The molecule has 3 aromatic rings. The van der Waals surface area contributed by atoms with Crippen molar-refractivity contribution in [2.45, 2.75) is 26.8 Å². The fraction of sp³-hybridized carbons (Fsp3) is 0.300. The van der Waals surface area contributed by atoms with Gasteiger partial charge < -0.3 is 14.0 Å². The third-order valence-corrected chi connectivity index (χ3v) is 4.87. The smallest absolute Gasteiger partial charge is 0.251 e. The fourth-order valence-electron chi connectivity index (χ4n) is 2.68. The zero-order valence-corrected chi connectivity index (χ0v) is 15.8. The Hall–Kier alpha value is -2.60. The van der Waals surface area contributed by atoms with Crippen molar-refractivity contribution in [2.75, 3.05) is 13.2 Å². The standard InChI is InChI=1S/C20H22N2O3S/c1-3-22-19-16(24-4-2)11-8-12-17(19)26-20(22)21-18(23)13-14-25-15-9-6-5-7-10-15/h5-12H,3-4,13-14H2,1-2H3. The van der Waals surface area contributed by atoms with E-state index in [2.05, 4.69) is 4.99 Å². The van der Waals surface area contributed by atoms with Gasteiger partial charge in [0.15, 0.2) is 4.80 Å². The van der Waals surface area contributed by atoms with E-state index in [0.29, 0.717) is 18.0 Å². The highest BCUT2D eigenvalue weighted by Gasteiger charge is 2.11. The van der Waals surface area contributed by atoms with Gasteiger partial charge in [-0.15, -0.1) is 0 Å². The molecule has 0 N–H and O–H groups in total. The number of thiazole rings is 1. The van der Waals surface area contributed by atoms with Gasteiger partial charge in [-0.1, -0.05) is 35.6 Å². The molecule has 0 unspecified atom stereocenters. The molecule has 26 heavy (non-hydrogen) atoms. The highest BCUT2D eigenvalue weighted by Crippen LogP contribution is 2.27. The fourth-order valence-corrected chi connectivity index (χ4v) is 3.81. The summed E-state index contributed by atoms with van der Waals surface area (Å²) in [4.78, 5) is 17.3. The van der Waals surface area contributed by atoms with Crippen molar-refractivity contribution in [3.8, 4) is 11.5 Å². The Bertz CT molecular complexity index is 945. The summed E-state index contributed by atoms with van der Waals surface area (Å²) in [6.07, 6.45) is 0.241. The van der Waals surface area contributed by atoms with Crippen LogP contribution in [-0.2, 0) is 11.3 Å². The van der Waals surface area contributed by atoms with Crippen LogP contribution in [0.15, 0.2) is 53.5 Å². The van der Waals surface area contributed by atoms with Crippen LogP contribution >= 0.6 is 11.3 Å². The topological polar surface area (TPSA) is 52.8 Å². The van der Waals surface area contributed by atoms with Crippen LogP contribution in [0.5, 0.6) is 11.5 Å². The molecule has 0 saturated heterocycles. The zero-order valence-electron chi connectivity index (χ0n) is 15.0. The summed E-state index contributed by atoms with van der Waals surface area (Å²) < 4.78 is 14.4. The van der Waals surface area contributed by atoms with Crippen molar-refractivity contribution < 1.29 is 14.3 Å². The maximum atomic E-state index is 12.3. The normalized spacial score (nSPS) is 11.7. The van der Waals surface area contributed by atoms with E-state index < -0.39 is 0 Å². The quantitative estimate of drug-likeness (QED) is 0.631. The first-order valence-electron chi connectivity index (χ1n) is 8.73. The van der Waals surface area contributed by atoms with E-state index >= 15 is 0 Å². The number of rotatable bonds is 7. The second-order valence-corrected chi connectivity index (χ2v) is 6.59. The maximum Gasteiger partial charge on any atom is 0.251 e. The van der Waals surface area contributed by atoms with Crippen molar-refractivity contribution in [3.05, 3.63) is 53.3 Å². The molecule has 6 heteroatoms. The number of ether oxygens (including phenoxy) is 2. The van der Waals surface area contributed by atoms with Crippen molar-refractivity contribution in [2.24, 2.45) is 4.99 Å². The third kappa shape index (κ3) is 4.14. The number of hydrogen-bond acceptors (Lipinski definition) is 4. The number of fused-ring (bicyclic) bond motifs is 1. The van der Waals surface area contributed by atoms with Crippen LogP contribution in [0.2, 0.25) is 0 Å². The highest BCUT2D eigenvalue weighted by molar-refractivity contribution is 7.16. The lowest BCUT2D eigenvalue weighted by atomic mass is 10.3. The molecule has 136 valence electrons. The summed E-state index contributed by atoms with van der Waals surface area (Å²) in [5.41, 5.74) is 0.994. The lowest BCUT2D eigenvalue weighted by Gasteiger charge is -2.07. The Balaban J connectivity index is 1.80. The third-order valence-electron chi connectivity index (χ3n) is 3.83. The summed E-state index contributed by atoms with van der Waals surface area (Å²) in [5, 5.41) is 0. The first-order valence-corrected chi connectivity index (χ1v) is 9.55. The Kier molecular flexibility index (Phi) is 6.07. The number of benzene rings is 2. The van der Waals surface area contributed by atoms with E-state index in [0.717, 1.165) is 28.3 Å². The van der Waals surface area contributed by atoms with Gasteiger partial charge in [0.25, 0.3) is 5.91 Å². The van der Waals surface area contributed by atoms with Crippen LogP contribution in [0.4, 0.5) is 0 Å². The van der Waals surface area contributed by atoms with E-state index in [4.69, 9.17) is 9.47 Å². The molecule has 0 spiro atoms. The average Bonchev–Trinajstić information content (AvgIpc) is 3.00. The Labute approximate surface area is 156 Å². The van der Waals surface area contributed by atoms with E-state index in [1.807, 2.05) is 66.9 Å². The first kappa shape index (κ1) is 18.2. The molecule has 1 aromatic heterocycles. The van der Waals surface area contributed by atoms with Gasteiger partial charge in [0.05, 0.1) is 24.3 Å². The summed E-state index contributed by atoms with van der Waals surface area (Å²) >= 11 is 1.50. The summed E-state index contributed by atoms with van der Waals surface area (Å²) in [6, 6.07) is 15.4. The molecule has 2 aromatic carbocycles. The van der Waals surface area contributed by atoms with Crippen molar-refractivity contribution in [3.63, 3.8) is 0 Å². The van der Waals surface area contributed by atoms with Crippen LogP contribution in [0.1, 0.15) is 20.3 Å². The molecule has 0 aliphatic carbocycles. The molecule has 3 rings (SSSR count). The minimum atomic E-state index is -0.187. The molecule has 0 bridgehead atoms. The lowest BCUT2D eigenvalue weighted by Crippen LogP contribution is -2.17. The molecular weight excluding hydrogens is 348 g/mol. The van der Waals surface area contributed by atoms with Crippen LogP contribution < -0.4 is 14.3 Å². The molecule has 0 aliphatic heterocycles. The molecule has 1 amide bonds. The van der Waals surface area contributed by atoms with E-state index in [1.54, 1.807) is 0 Å². The minimum absolute atomic E-state index is 0.187. The number of aromatic nitrogens is 1. The molecule has 0 aliphatic rings. The van der Waals surface area contributed by atoms with Crippen molar-refractivity contribution in [1.29, 1.82) is 0 Å². The van der Waals surface area contributed by atoms with Crippen molar-refractivity contribution in [1.82, 2.24) is 4.57 Å². The van der Waals surface area contributed by atoms with Gasteiger partial charge in [0, 0.05) is 6.54 Å². The minimum Gasteiger partial charge on any atom is -0.493 e. The molecule has 0 atom stereocenters. The van der Waals surface area contributed by atoms with Crippen LogP contribution in [0.25, 0.3) is 10.2 Å². The molecule has 0 saturated carbocycles. The second kappa shape index (κ2) is 8.67. The number of nitrogens with zero attached hydrogens (tertiary/aromatic N) is 2. The number of carbonyl (C=O) groups excluding carboxylic acids is 1. The van der Waals surface area contributed by atoms with E-state index in [9.17, 15) is 4.79 Å². The van der Waals surface area contributed by atoms with Crippen LogP contribution in [0.3, 0.4) is 0 Å². The SMILES string of the molecule is CCOc1cccc2sc(=NC(=O)CCOc3ccccc3)n(CC)c12. The zero-order chi connectivity index (χ0) is 18.4. The Morgan fingerprint density at radius 1 is 1.08 bits per heavy atom. The van der Waals surface area contributed by atoms with Gasteiger partial charge >= 0.3 is 0 Å². The predicted molar refractivity (Wildman–Crippen MR) is 104 cm³/mol. The monoisotopic (exact) mass is 370 g/mol. The molecule has 1 heterocycles. The Morgan fingerprint density at radius 2 is 1.88 bits per heavy atom. The largest absolute Gasteiger partial charge is 0.493 e. The molecule has 0 radical (unpaired) electrons. The first-order chi connectivity index (χ1) is 12.7. The van der Waals surface area contributed by atoms with E-state index in [1.165, 1.54) is 11.3 Å². The van der Waals surface area contributed by atoms with Gasteiger partial charge in [-0.2, -0.15) is 4.99 Å². The van der Waals surface area contributed by atoms with Gasteiger partial charge in [0.1, 0.15) is 17.0 Å². The number of carbonyl (C=O) groups is 1. The number of aryl methyl sites for hydroxylation is 1.